The van der Waals surface area contributed by atoms with Crippen molar-refractivity contribution in [3.8, 4) is 17.3 Å². The number of rotatable bonds is 2. The summed E-state index contributed by atoms with van der Waals surface area (Å²) in [5, 5.41) is 14.7. The van der Waals surface area contributed by atoms with Gasteiger partial charge in [-0.1, -0.05) is 0 Å². The Labute approximate surface area is 117 Å². The van der Waals surface area contributed by atoms with E-state index in [1.807, 2.05) is 0 Å². The standard InChI is InChI=1S/C12H8F2N4OS/c1-2-18-11(19)10(16-17-12(18)20)7-4-8(13)6(5-15)3-9(7)14/h3-4H,2H2,1H3,(H,17,20). The number of hydrogen-bond donors (Lipinski definition) is 1. The zero-order valence-corrected chi connectivity index (χ0v) is 11.1. The molecule has 0 amide bonds. The van der Waals surface area contributed by atoms with Crippen molar-refractivity contribution in [3.05, 3.63) is 44.5 Å². The quantitative estimate of drug-likeness (QED) is 0.861. The van der Waals surface area contributed by atoms with Crippen LogP contribution in [0.25, 0.3) is 11.3 Å². The summed E-state index contributed by atoms with van der Waals surface area (Å²) in [5.74, 6) is -1.82. The number of aromatic nitrogens is 3. The number of nitrogens with zero attached hydrogens (tertiary/aromatic N) is 3. The van der Waals surface area contributed by atoms with Gasteiger partial charge in [-0.25, -0.2) is 8.78 Å². The molecular weight excluding hydrogens is 286 g/mol. The van der Waals surface area contributed by atoms with Crippen LogP contribution in [-0.2, 0) is 6.54 Å². The van der Waals surface area contributed by atoms with Crippen LogP contribution in [0.2, 0.25) is 0 Å². The minimum absolute atomic E-state index is 0.0933. The van der Waals surface area contributed by atoms with E-state index < -0.39 is 22.8 Å². The van der Waals surface area contributed by atoms with Gasteiger partial charge in [0.15, 0.2) is 10.5 Å². The number of aromatic amines is 1. The molecule has 0 bridgehead atoms. The van der Waals surface area contributed by atoms with Crippen LogP contribution in [0.15, 0.2) is 16.9 Å². The maximum atomic E-state index is 13.9. The van der Waals surface area contributed by atoms with Gasteiger partial charge in [-0.05, 0) is 31.3 Å². The number of hydrogen-bond acceptors (Lipinski definition) is 4. The highest BCUT2D eigenvalue weighted by molar-refractivity contribution is 7.71. The molecule has 0 spiro atoms. The van der Waals surface area contributed by atoms with E-state index in [-0.39, 0.29) is 22.6 Å². The molecule has 0 saturated heterocycles. The minimum atomic E-state index is -0.921. The van der Waals surface area contributed by atoms with Crippen LogP contribution >= 0.6 is 12.2 Å². The molecule has 0 fully saturated rings. The van der Waals surface area contributed by atoms with Crippen molar-refractivity contribution in [2.24, 2.45) is 0 Å². The van der Waals surface area contributed by atoms with Crippen molar-refractivity contribution in [3.63, 3.8) is 0 Å². The van der Waals surface area contributed by atoms with E-state index in [9.17, 15) is 13.6 Å². The molecule has 0 atom stereocenters. The lowest BCUT2D eigenvalue weighted by molar-refractivity contribution is 0.597. The fourth-order valence-corrected chi connectivity index (χ4v) is 1.97. The summed E-state index contributed by atoms with van der Waals surface area (Å²) < 4.78 is 28.7. The molecule has 1 aromatic carbocycles. The third-order valence-electron chi connectivity index (χ3n) is 2.70. The monoisotopic (exact) mass is 294 g/mol. The van der Waals surface area contributed by atoms with Gasteiger partial charge >= 0.3 is 0 Å². The Morgan fingerprint density at radius 1 is 1.45 bits per heavy atom. The van der Waals surface area contributed by atoms with Crippen LogP contribution < -0.4 is 5.56 Å². The number of benzene rings is 1. The van der Waals surface area contributed by atoms with Crippen molar-refractivity contribution < 1.29 is 8.78 Å². The third kappa shape index (κ3) is 2.23. The van der Waals surface area contributed by atoms with E-state index in [1.54, 1.807) is 6.92 Å². The Balaban J connectivity index is 2.77. The molecule has 0 aliphatic rings. The van der Waals surface area contributed by atoms with Crippen LogP contribution in [-0.4, -0.2) is 14.8 Å². The van der Waals surface area contributed by atoms with Gasteiger partial charge in [-0.15, -0.1) is 0 Å². The zero-order chi connectivity index (χ0) is 14.9. The molecule has 5 nitrogen and oxygen atoms in total. The molecule has 20 heavy (non-hydrogen) atoms. The third-order valence-corrected chi connectivity index (χ3v) is 3.02. The fourth-order valence-electron chi connectivity index (χ4n) is 1.71. The highest BCUT2D eigenvalue weighted by Crippen LogP contribution is 2.21. The summed E-state index contributed by atoms with van der Waals surface area (Å²) in [6.45, 7) is 1.95. The summed E-state index contributed by atoms with van der Waals surface area (Å²) >= 11 is 4.88. The van der Waals surface area contributed by atoms with Gasteiger partial charge in [-0.3, -0.25) is 14.5 Å². The maximum Gasteiger partial charge on any atom is 0.281 e. The van der Waals surface area contributed by atoms with E-state index in [1.165, 1.54) is 10.6 Å². The normalized spacial score (nSPS) is 10.3. The first kappa shape index (κ1) is 14.0. The molecule has 2 rings (SSSR count). The Morgan fingerprint density at radius 2 is 2.15 bits per heavy atom. The predicted molar refractivity (Wildman–Crippen MR) is 69.4 cm³/mol. The largest absolute Gasteiger partial charge is 0.283 e. The Hall–Kier alpha value is -2.40. The summed E-state index contributed by atoms with van der Waals surface area (Å²) in [6, 6.07) is 3.02. The highest BCUT2D eigenvalue weighted by atomic mass is 32.1. The highest BCUT2D eigenvalue weighted by Gasteiger charge is 2.16. The van der Waals surface area contributed by atoms with Crippen molar-refractivity contribution in [1.82, 2.24) is 14.8 Å². The van der Waals surface area contributed by atoms with Gasteiger partial charge < -0.3 is 0 Å². The second-order valence-electron chi connectivity index (χ2n) is 3.85. The summed E-state index contributed by atoms with van der Waals surface area (Å²) in [4.78, 5) is 12.1. The van der Waals surface area contributed by atoms with Crippen molar-refractivity contribution in [1.29, 1.82) is 5.26 Å². The zero-order valence-electron chi connectivity index (χ0n) is 10.3. The number of nitrogens with one attached hydrogen (secondary N) is 1. The maximum absolute atomic E-state index is 13.9. The fraction of sp³-hybridized carbons (Fsp3) is 0.167. The molecule has 1 aromatic heterocycles. The van der Waals surface area contributed by atoms with Crippen molar-refractivity contribution in [2.75, 3.05) is 0 Å². The van der Waals surface area contributed by atoms with Gasteiger partial charge in [-0.2, -0.15) is 10.4 Å². The second-order valence-corrected chi connectivity index (χ2v) is 4.24. The molecule has 0 radical (unpaired) electrons. The second kappa shape index (κ2) is 5.30. The summed E-state index contributed by atoms with van der Waals surface area (Å²) in [5.41, 5.74) is -1.67. The van der Waals surface area contributed by atoms with Crippen LogP contribution in [0.5, 0.6) is 0 Å². The van der Waals surface area contributed by atoms with Crippen LogP contribution in [0.1, 0.15) is 12.5 Å². The average molecular weight is 294 g/mol. The van der Waals surface area contributed by atoms with Gasteiger partial charge in [0.05, 0.1) is 5.56 Å². The first-order valence-corrected chi connectivity index (χ1v) is 5.99. The van der Waals surface area contributed by atoms with Gasteiger partial charge in [0.1, 0.15) is 17.7 Å². The smallest absolute Gasteiger partial charge is 0.281 e. The first-order valence-electron chi connectivity index (χ1n) is 5.58. The van der Waals surface area contributed by atoms with Crippen molar-refractivity contribution in [2.45, 2.75) is 13.5 Å². The van der Waals surface area contributed by atoms with Gasteiger partial charge in [0.25, 0.3) is 5.56 Å². The van der Waals surface area contributed by atoms with Crippen LogP contribution in [0, 0.1) is 27.7 Å². The Bertz CT molecular complexity index is 835. The van der Waals surface area contributed by atoms with E-state index in [4.69, 9.17) is 17.5 Å². The lowest BCUT2D eigenvalue weighted by atomic mass is 10.1. The first-order chi connectivity index (χ1) is 9.49. The molecule has 0 unspecified atom stereocenters. The SMILES string of the molecule is CCn1c(=S)[nH]nc(-c2cc(F)c(C#N)cc2F)c1=O. The minimum Gasteiger partial charge on any atom is -0.283 e. The van der Waals surface area contributed by atoms with Gasteiger partial charge in [0, 0.05) is 12.1 Å². The molecule has 1 N–H and O–H groups in total. The molecule has 8 heteroatoms. The van der Waals surface area contributed by atoms with E-state index >= 15 is 0 Å². The molecular formula is C12H8F2N4OS. The Morgan fingerprint density at radius 3 is 2.75 bits per heavy atom. The van der Waals surface area contributed by atoms with E-state index in [2.05, 4.69) is 10.2 Å². The molecule has 102 valence electrons. The lowest BCUT2D eigenvalue weighted by Gasteiger charge is -2.06. The Kier molecular flexibility index (Phi) is 3.72. The van der Waals surface area contributed by atoms with Gasteiger partial charge in [0.2, 0.25) is 0 Å². The molecule has 0 saturated carbocycles. The van der Waals surface area contributed by atoms with E-state index in [0.717, 1.165) is 12.1 Å². The molecule has 1 heterocycles. The average Bonchev–Trinajstić information content (AvgIpc) is 2.42. The van der Waals surface area contributed by atoms with E-state index in [0.29, 0.717) is 0 Å². The molecule has 0 aliphatic heterocycles. The molecule has 2 aromatic rings. The number of halogens is 2. The lowest BCUT2D eigenvalue weighted by Crippen LogP contribution is -2.24. The number of nitriles is 1. The van der Waals surface area contributed by atoms with Crippen LogP contribution in [0.4, 0.5) is 8.78 Å². The predicted octanol–water partition coefficient (Wildman–Crippen LogP) is 2.14. The van der Waals surface area contributed by atoms with Crippen molar-refractivity contribution >= 4 is 12.2 Å². The topological polar surface area (TPSA) is 74.5 Å². The summed E-state index contributed by atoms with van der Waals surface area (Å²) in [6.07, 6.45) is 0. The van der Waals surface area contributed by atoms with Crippen LogP contribution in [0.3, 0.4) is 0 Å². The number of H-pyrrole nitrogens is 1. The summed E-state index contributed by atoms with van der Waals surface area (Å²) in [7, 11) is 0. The molecule has 0 aliphatic carbocycles.